The van der Waals surface area contributed by atoms with E-state index in [0.29, 0.717) is 19.0 Å². The average Bonchev–Trinajstić information content (AvgIpc) is 3.17. The molecule has 0 fully saturated rings. The number of aromatic nitrogens is 4. The van der Waals surface area contributed by atoms with Crippen LogP contribution in [0.2, 0.25) is 0 Å². The highest BCUT2D eigenvalue weighted by Gasteiger charge is 2.09. The summed E-state index contributed by atoms with van der Waals surface area (Å²) in [6.07, 6.45) is 1.51. The highest BCUT2D eigenvalue weighted by molar-refractivity contribution is 5.68. The monoisotopic (exact) mass is 345 g/mol. The second-order valence-corrected chi connectivity index (χ2v) is 5.82. The van der Waals surface area contributed by atoms with Gasteiger partial charge >= 0.3 is 0 Å². The fourth-order valence-electron chi connectivity index (χ4n) is 2.71. The van der Waals surface area contributed by atoms with Gasteiger partial charge in [-0.05, 0) is 24.6 Å². The van der Waals surface area contributed by atoms with Crippen molar-refractivity contribution in [2.24, 2.45) is 0 Å². The number of fused-ring (bicyclic) bond motifs is 1. The third-order valence-electron chi connectivity index (χ3n) is 4.02. The zero-order chi connectivity index (χ0) is 17.8. The van der Waals surface area contributed by atoms with Crippen molar-refractivity contribution in [1.82, 2.24) is 19.6 Å². The third kappa shape index (κ3) is 3.41. The van der Waals surface area contributed by atoms with Crippen LogP contribution in [0, 0.1) is 0 Å². The van der Waals surface area contributed by atoms with Gasteiger partial charge in [-0.3, -0.25) is 0 Å². The van der Waals surface area contributed by atoms with Gasteiger partial charge in [-0.15, -0.1) is 0 Å². The number of nitrogens with one attached hydrogen (secondary N) is 1. The van der Waals surface area contributed by atoms with Crippen LogP contribution in [0.1, 0.15) is 12.5 Å². The topological polar surface area (TPSA) is 64.3 Å². The van der Waals surface area contributed by atoms with Crippen LogP contribution < -0.4 is 5.32 Å². The number of hydrogen-bond donors (Lipinski definition) is 1. The molecule has 0 bridgehead atoms. The van der Waals surface area contributed by atoms with Crippen molar-refractivity contribution in [2.45, 2.75) is 13.5 Å². The molecule has 0 unspecified atom stereocenters. The second-order valence-electron chi connectivity index (χ2n) is 5.82. The molecule has 6 heteroatoms. The Labute approximate surface area is 151 Å². The molecule has 0 spiro atoms. The molecule has 4 rings (SSSR count). The van der Waals surface area contributed by atoms with Crippen molar-refractivity contribution in [2.75, 3.05) is 11.9 Å². The van der Waals surface area contributed by atoms with Gasteiger partial charge in [0.15, 0.2) is 0 Å². The van der Waals surface area contributed by atoms with Crippen molar-refractivity contribution < 1.29 is 4.74 Å². The van der Waals surface area contributed by atoms with Gasteiger partial charge in [0.1, 0.15) is 12.1 Å². The number of rotatable bonds is 6. The van der Waals surface area contributed by atoms with Gasteiger partial charge in [0.2, 0.25) is 0 Å². The zero-order valence-corrected chi connectivity index (χ0v) is 14.5. The van der Waals surface area contributed by atoms with E-state index in [1.807, 2.05) is 55.5 Å². The Kier molecular flexibility index (Phi) is 4.57. The van der Waals surface area contributed by atoms with Crippen LogP contribution in [-0.2, 0) is 11.3 Å². The molecule has 4 aromatic rings. The van der Waals surface area contributed by atoms with Gasteiger partial charge < -0.3 is 10.1 Å². The summed E-state index contributed by atoms with van der Waals surface area (Å²) < 4.78 is 7.13. The first kappa shape index (κ1) is 16.2. The minimum Gasteiger partial charge on any atom is -0.377 e. The van der Waals surface area contributed by atoms with E-state index in [0.717, 1.165) is 28.3 Å². The number of anilines is 2. The summed E-state index contributed by atoms with van der Waals surface area (Å²) in [5.74, 6) is 1.37. The number of benzene rings is 2. The maximum Gasteiger partial charge on any atom is 0.254 e. The Bertz CT molecular complexity index is 996. The predicted octanol–water partition coefficient (Wildman–Crippen LogP) is 4.07. The lowest BCUT2D eigenvalue weighted by atomic mass is 10.1. The molecular weight excluding hydrogens is 326 g/mol. The SMILES string of the molecule is CCOCc1ccc(Nc2cc(-c3ccccc3)nc3ncnn23)cc1. The molecule has 2 aromatic carbocycles. The van der Waals surface area contributed by atoms with Crippen molar-refractivity contribution in [3.63, 3.8) is 0 Å². The smallest absolute Gasteiger partial charge is 0.254 e. The van der Waals surface area contributed by atoms with E-state index in [2.05, 4.69) is 32.5 Å². The number of nitrogens with zero attached hydrogens (tertiary/aromatic N) is 4. The first-order valence-corrected chi connectivity index (χ1v) is 8.53. The Morgan fingerprint density at radius 3 is 2.62 bits per heavy atom. The van der Waals surface area contributed by atoms with Crippen LogP contribution in [-0.4, -0.2) is 26.2 Å². The highest BCUT2D eigenvalue weighted by atomic mass is 16.5. The average molecular weight is 345 g/mol. The van der Waals surface area contributed by atoms with E-state index in [4.69, 9.17) is 4.74 Å². The van der Waals surface area contributed by atoms with Crippen molar-refractivity contribution in [3.05, 3.63) is 72.6 Å². The van der Waals surface area contributed by atoms with Gasteiger partial charge in [-0.25, -0.2) is 4.98 Å². The minimum atomic E-state index is 0.557. The maximum absolute atomic E-state index is 5.44. The summed E-state index contributed by atoms with van der Waals surface area (Å²) in [4.78, 5) is 8.83. The molecule has 130 valence electrons. The Morgan fingerprint density at radius 2 is 1.85 bits per heavy atom. The van der Waals surface area contributed by atoms with Crippen LogP contribution in [0.15, 0.2) is 67.0 Å². The van der Waals surface area contributed by atoms with E-state index in [1.54, 1.807) is 4.52 Å². The molecule has 0 aliphatic carbocycles. The van der Waals surface area contributed by atoms with Gasteiger partial charge in [-0.2, -0.15) is 14.6 Å². The van der Waals surface area contributed by atoms with Crippen molar-refractivity contribution in [1.29, 1.82) is 0 Å². The predicted molar refractivity (Wildman–Crippen MR) is 101 cm³/mol. The molecule has 6 nitrogen and oxygen atoms in total. The molecule has 0 aliphatic rings. The largest absolute Gasteiger partial charge is 0.377 e. The lowest BCUT2D eigenvalue weighted by Crippen LogP contribution is -2.03. The first-order chi connectivity index (χ1) is 12.8. The number of hydrogen-bond acceptors (Lipinski definition) is 5. The first-order valence-electron chi connectivity index (χ1n) is 8.53. The Morgan fingerprint density at radius 1 is 1.04 bits per heavy atom. The van der Waals surface area contributed by atoms with Gasteiger partial charge in [0.25, 0.3) is 5.78 Å². The fraction of sp³-hybridized carbons (Fsp3) is 0.150. The molecule has 0 radical (unpaired) electrons. The quantitative estimate of drug-likeness (QED) is 0.571. The van der Waals surface area contributed by atoms with Gasteiger partial charge in [0.05, 0.1) is 12.3 Å². The van der Waals surface area contributed by atoms with E-state index >= 15 is 0 Å². The summed E-state index contributed by atoms with van der Waals surface area (Å²) >= 11 is 0. The van der Waals surface area contributed by atoms with Crippen LogP contribution in [0.5, 0.6) is 0 Å². The van der Waals surface area contributed by atoms with E-state index < -0.39 is 0 Å². The summed E-state index contributed by atoms with van der Waals surface area (Å²) in [5.41, 5.74) is 3.99. The normalized spacial score (nSPS) is 11.0. The Balaban J connectivity index is 1.66. The molecule has 26 heavy (non-hydrogen) atoms. The minimum absolute atomic E-state index is 0.557. The van der Waals surface area contributed by atoms with Crippen LogP contribution in [0.25, 0.3) is 17.0 Å². The summed E-state index contributed by atoms with van der Waals surface area (Å²) in [7, 11) is 0. The molecule has 0 saturated carbocycles. The van der Waals surface area contributed by atoms with E-state index in [1.165, 1.54) is 6.33 Å². The summed E-state index contributed by atoms with van der Waals surface area (Å²) in [5, 5.41) is 7.67. The molecule has 2 heterocycles. The molecular formula is C20H19N5O. The zero-order valence-electron chi connectivity index (χ0n) is 14.5. The van der Waals surface area contributed by atoms with Crippen LogP contribution in [0.3, 0.4) is 0 Å². The standard InChI is InChI=1S/C20H19N5O/c1-2-26-13-15-8-10-17(11-9-15)23-19-12-18(16-6-4-3-5-7-16)24-20-21-14-22-25(19)20/h3-12,14,23H,2,13H2,1H3. The molecule has 1 N–H and O–H groups in total. The number of ether oxygens (including phenoxy) is 1. The van der Waals surface area contributed by atoms with Crippen LogP contribution in [0.4, 0.5) is 11.5 Å². The molecule has 2 aromatic heterocycles. The lowest BCUT2D eigenvalue weighted by molar-refractivity contribution is 0.134. The fourth-order valence-corrected chi connectivity index (χ4v) is 2.71. The van der Waals surface area contributed by atoms with E-state index in [9.17, 15) is 0 Å². The third-order valence-corrected chi connectivity index (χ3v) is 4.02. The lowest BCUT2D eigenvalue weighted by Gasteiger charge is -2.11. The highest BCUT2D eigenvalue weighted by Crippen LogP contribution is 2.24. The summed E-state index contributed by atoms with van der Waals surface area (Å²) in [6.45, 7) is 3.33. The van der Waals surface area contributed by atoms with Crippen LogP contribution >= 0.6 is 0 Å². The van der Waals surface area contributed by atoms with Crippen molar-refractivity contribution >= 4 is 17.3 Å². The molecule has 0 atom stereocenters. The Hall–Kier alpha value is -3.25. The van der Waals surface area contributed by atoms with Gasteiger partial charge in [-0.1, -0.05) is 42.5 Å². The molecule has 0 amide bonds. The van der Waals surface area contributed by atoms with E-state index in [-0.39, 0.29) is 0 Å². The maximum atomic E-state index is 5.44. The van der Waals surface area contributed by atoms with Crippen molar-refractivity contribution in [3.8, 4) is 11.3 Å². The molecule has 0 saturated heterocycles. The van der Waals surface area contributed by atoms with Gasteiger partial charge in [0, 0.05) is 23.9 Å². The summed E-state index contributed by atoms with van der Waals surface area (Å²) in [6, 6.07) is 20.2. The molecule has 0 aliphatic heterocycles. The second kappa shape index (κ2) is 7.33.